The molecule has 2 aromatic carbocycles. The SMILES string of the molecule is O=C(COc1ncnc2sccc12)Nc1cccc2ccccc12. The number of carbonyl (C=O) groups is 1. The van der Waals surface area contributed by atoms with Gasteiger partial charge in [0.1, 0.15) is 11.2 Å². The van der Waals surface area contributed by atoms with Gasteiger partial charge in [0.05, 0.1) is 5.39 Å². The third-order valence-electron chi connectivity index (χ3n) is 3.63. The van der Waals surface area contributed by atoms with E-state index in [-0.39, 0.29) is 12.5 Å². The van der Waals surface area contributed by atoms with Gasteiger partial charge in [0.15, 0.2) is 6.61 Å². The molecule has 24 heavy (non-hydrogen) atoms. The van der Waals surface area contributed by atoms with Crippen LogP contribution in [0.2, 0.25) is 0 Å². The van der Waals surface area contributed by atoms with E-state index in [4.69, 9.17) is 4.74 Å². The lowest BCUT2D eigenvalue weighted by atomic mass is 10.1. The molecule has 2 aromatic heterocycles. The van der Waals surface area contributed by atoms with Crippen LogP contribution in [0.15, 0.2) is 60.2 Å². The summed E-state index contributed by atoms with van der Waals surface area (Å²) in [6, 6.07) is 15.6. The highest BCUT2D eigenvalue weighted by molar-refractivity contribution is 7.16. The Kier molecular flexibility index (Phi) is 3.80. The number of benzene rings is 2. The first kappa shape index (κ1) is 14.6. The van der Waals surface area contributed by atoms with Crippen LogP contribution >= 0.6 is 11.3 Å². The van der Waals surface area contributed by atoms with E-state index in [1.165, 1.54) is 17.7 Å². The van der Waals surface area contributed by atoms with Gasteiger partial charge in [-0.2, -0.15) is 0 Å². The number of aromatic nitrogens is 2. The number of anilines is 1. The average molecular weight is 335 g/mol. The summed E-state index contributed by atoms with van der Waals surface area (Å²) in [7, 11) is 0. The predicted octanol–water partition coefficient (Wildman–Crippen LogP) is 3.86. The van der Waals surface area contributed by atoms with Gasteiger partial charge < -0.3 is 10.1 Å². The molecule has 4 aromatic rings. The Balaban J connectivity index is 1.50. The molecule has 4 rings (SSSR count). The summed E-state index contributed by atoms with van der Waals surface area (Å²) in [5, 5.41) is 7.70. The molecule has 0 saturated heterocycles. The molecular formula is C18H13N3O2S. The van der Waals surface area contributed by atoms with Crippen LogP contribution in [0.25, 0.3) is 21.0 Å². The van der Waals surface area contributed by atoms with Crippen molar-refractivity contribution in [3.8, 4) is 5.88 Å². The molecule has 0 spiro atoms. The number of amides is 1. The highest BCUT2D eigenvalue weighted by Gasteiger charge is 2.10. The average Bonchev–Trinajstić information content (AvgIpc) is 3.09. The van der Waals surface area contributed by atoms with Gasteiger partial charge in [0, 0.05) is 11.1 Å². The number of nitrogens with zero attached hydrogens (tertiary/aromatic N) is 2. The molecule has 5 nitrogen and oxygen atoms in total. The molecule has 0 atom stereocenters. The second-order valence-corrected chi connectivity index (χ2v) is 6.08. The lowest BCUT2D eigenvalue weighted by Gasteiger charge is -2.09. The molecule has 0 aliphatic heterocycles. The number of fused-ring (bicyclic) bond motifs is 2. The van der Waals surface area contributed by atoms with E-state index in [1.54, 1.807) is 0 Å². The summed E-state index contributed by atoms with van der Waals surface area (Å²) in [5.74, 6) is 0.197. The molecule has 0 fully saturated rings. The summed E-state index contributed by atoms with van der Waals surface area (Å²) in [5.41, 5.74) is 0.769. The van der Waals surface area contributed by atoms with Crippen LogP contribution in [0.1, 0.15) is 0 Å². The molecule has 1 amide bonds. The lowest BCUT2D eigenvalue weighted by Crippen LogP contribution is -2.20. The van der Waals surface area contributed by atoms with Crippen LogP contribution in [-0.4, -0.2) is 22.5 Å². The van der Waals surface area contributed by atoms with E-state index in [9.17, 15) is 4.79 Å². The third-order valence-corrected chi connectivity index (χ3v) is 4.45. The Morgan fingerprint density at radius 3 is 2.88 bits per heavy atom. The van der Waals surface area contributed by atoms with Crippen molar-refractivity contribution in [2.75, 3.05) is 11.9 Å². The Morgan fingerprint density at radius 1 is 1.04 bits per heavy atom. The first-order valence-corrected chi connectivity index (χ1v) is 8.28. The van der Waals surface area contributed by atoms with E-state index >= 15 is 0 Å². The van der Waals surface area contributed by atoms with Crippen molar-refractivity contribution in [1.29, 1.82) is 0 Å². The molecule has 0 aliphatic carbocycles. The van der Waals surface area contributed by atoms with Gasteiger partial charge in [-0.15, -0.1) is 11.3 Å². The number of hydrogen-bond acceptors (Lipinski definition) is 5. The Bertz CT molecular complexity index is 1020. The number of ether oxygens (including phenoxy) is 1. The minimum absolute atomic E-state index is 0.106. The maximum atomic E-state index is 12.2. The molecule has 0 aliphatic rings. The highest BCUT2D eigenvalue weighted by Crippen LogP contribution is 2.26. The summed E-state index contributed by atoms with van der Waals surface area (Å²) in [4.78, 5) is 21.3. The van der Waals surface area contributed by atoms with Gasteiger partial charge in [-0.25, -0.2) is 9.97 Å². The number of hydrogen-bond donors (Lipinski definition) is 1. The largest absolute Gasteiger partial charge is 0.467 e. The standard InChI is InChI=1S/C18H13N3O2S/c22-16(10-23-17-14-8-9-24-18(14)20-11-19-17)21-15-7-3-5-12-4-1-2-6-13(12)15/h1-9,11H,10H2,(H,21,22). The topological polar surface area (TPSA) is 64.1 Å². The quantitative estimate of drug-likeness (QED) is 0.615. The zero-order chi connectivity index (χ0) is 16.4. The van der Waals surface area contributed by atoms with Crippen molar-refractivity contribution in [3.63, 3.8) is 0 Å². The first-order valence-electron chi connectivity index (χ1n) is 7.40. The fourth-order valence-electron chi connectivity index (χ4n) is 2.54. The van der Waals surface area contributed by atoms with Crippen molar-refractivity contribution in [2.24, 2.45) is 0 Å². The molecule has 0 unspecified atom stereocenters. The van der Waals surface area contributed by atoms with Crippen LogP contribution in [-0.2, 0) is 4.79 Å². The monoisotopic (exact) mass is 335 g/mol. The smallest absolute Gasteiger partial charge is 0.262 e. The number of rotatable bonds is 4. The molecular weight excluding hydrogens is 322 g/mol. The molecule has 0 radical (unpaired) electrons. The van der Waals surface area contributed by atoms with Gasteiger partial charge in [-0.1, -0.05) is 36.4 Å². The van der Waals surface area contributed by atoms with Crippen molar-refractivity contribution in [3.05, 3.63) is 60.2 Å². The normalized spacial score (nSPS) is 10.8. The molecule has 118 valence electrons. The van der Waals surface area contributed by atoms with Gasteiger partial charge in [0.25, 0.3) is 5.91 Å². The zero-order valence-corrected chi connectivity index (χ0v) is 13.4. The Hall–Kier alpha value is -2.99. The van der Waals surface area contributed by atoms with Crippen molar-refractivity contribution in [1.82, 2.24) is 9.97 Å². The second kappa shape index (κ2) is 6.25. The fraction of sp³-hybridized carbons (Fsp3) is 0.0556. The van der Waals surface area contributed by atoms with Crippen LogP contribution in [0.5, 0.6) is 5.88 Å². The predicted molar refractivity (Wildman–Crippen MR) is 95.5 cm³/mol. The molecule has 0 bridgehead atoms. The number of nitrogens with one attached hydrogen (secondary N) is 1. The molecule has 1 N–H and O–H groups in total. The maximum absolute atomic E-state index is 12.2. The van der Waals surface area contributed by atoms with Crippen LogP contribution in [0, 0.1) is 0 Å². The lowest BCUT2D eigenvalue weighted by molar-refractivity contribution is -0.118. The third kappa shape index (κ3) is 2.79. The number of carbonyl (C=O) groups excluding carboxylic acids is 1. The van der Waals surface area contributed by atoms with E-state index in [1.807, 2.05) is 53.9 Å². The van der Waals surface area contributed by atoms with E-state index in [2.05, 4.69) is 15.3 Å². The Labute approximate surface area is 141 Å². The molecule has 6 heteroatoms. The molecule has 0 saturated carbocycles. The summed E-state index contributed by atoms with van der Waals surface area (Å²) in [6.07, 6.45) is 1.44. The van der Waals surface area contributed by atoms with Crippen molar-refractivity contribution < 1.29 is 9.53 Å². The number of thiophene rings is 1. The summed E-state index contributed by atoms with van der Waals surface area (Å²) < 4.78 is 5.57. The highest BCUT2D eigenvalue weighted by atomic mass is 32.1. The Morgan fingerprint density at radius 2 is 1.92 bits per heavy atom. The van der Waals surface area contributed by atoms with E-state index in [0.29, 0.717) is 5.88 Å². The van der Waals surface area contributed by atoms with Crippen LogP contribution < -0.4 is 10.1 Å². The first-order chi connectivity index (χ1) is 11.8. The minimum atomic E-state index is -0.228. The zero-order valence-electron chi connectivity index (χ0n) is 12.6. The summed E-state index contributed by atoms with van der Waals surface area (Å²) >= 11 is 1.51. The van der Waals surface area contributed by atoms with Gasteiger partial charge in [-0.3, -0.25) is 4.79 Å². The van der Waals surface area contributed by atoms with Gasteiger partial charge >= 0.3 is 0 Å². The second-order valence-electron chi connectivity index (χ2n) is 5.18. The van der Waals surface area contributed by atoms with Crippen LogP contribution in [0.3, 0.4) is 0 Å². The summed E-state index contributed by atoms with van der Waals surface area (Å²) in [6.45, 7) is -0.106. The van der Waals surface area contributed by atoms with Crippen molar-refractivity contribution in [2.45, 2.75) is 0 Å². The van der Waals surface area contributed by atoms with E-state index < -0.39 is 0 Å². The van der Waals surface area contributed by atoms with E-state index in [0.717, 1.165) is 26.7 Å². The van der Waals surface area contributed by atoms with Crippen molar-refractivity contribution >= 4 is 43.9 Å². The van der Waals surface area contributed by atoms with Crippen LogP contribution in [0.4, 0.5) is 5.69 Å². The maximum Gasteiger partial charge on any atom is 0.262 e. The van der Waals surface area contributed by atoms with Gasteiger partial charge in [0.2, 0.25) is 5.88 Å². The fourth-order valence-corrected chi connectivity index (χ4v) is 3.26. The minimum Gasteiger partial charge on any atom is -0.467 e. The molecule has 2 heterocycles. The van der Waals surface area contributed by atoms with Gasteiger partial charge in [-0.05, 0) is 22.9 Å².